The van der Waals surface area contributed by atoms with E-state index < -0.39 is 0 Å². The highest BCUT2D eigenvalue weighted by Gasteiger charge is 2.24. The predicted octanol–water partition coefficient (Wildman–Crippen LogP) is 3.30. The Labute approximate surface area is 127 Å². The number of anilines is 1. The maximum absolute atomic E-state index is 12.2. The van der Waals surface area contributed by atoms with E-state index in [1.165, 1.54) is 0 Å². The van der Waals surface area contributed by atoms with Gasteiger partial charge in [-0.15, -0.1) is 0 Å². The number of nitrogens with zero attached hydrogens (tertiary/aromatic N) is 2. The summed E-state index contributed by atoms with van der Waals surface area (Å²) in [5.74, 6) is 2.52. The molecule has 0 aliphatic carbocycles. The largest absolute Gasteiger partial charge is 0.370 e. The molecule has 1 aromatic rings. The molecule has 0 aromatic carbocycles. The normalized spacial score (nSPS) is 19.7. The fraction of sp³-hybridized carbons (Fsp3) is 0.647. The van der Waals surface area contributed by atoms with Gasteiger partial charge in [0.1, 0.15) is 5.82 Å². The molecule has 0 spiro atoms. The molecule has 1 aromatic heterocycles. The number of carbonyl (C=O) groups is 1. The Morgan fingerprint density at radius 1 is 1.38 bits per heavy atom. The second kappa shape index (κ2) is 7.43. The third-order valence-corrected chi connectivity index (χ3v) is 4.35. The van der Waals surface area contributed by atoms with Gasteiger partial charge in [0.05, 0.1) is 0 Å². The predicted molar refractivity (Wildman–Crippen MR) is 86.0 cm³/mol. The van der Waals surface area contributed by atoms with E-state index >= 15 is 0 Å². The van der Waals surface area contributed by atoms with E-state index in [2.05, 4.69) is 37.1 Å². The smallest absolute Gasteiger partial charge is 0.222 e. The molecule has 2 heterocycles. The molecule has 1 aliphatic rings. The molecule has 1 fully saturated rings. The topological polar surface area (TPSA) is 45.2 Å². The summed E-state index contributed by atoms with van der Waals surface area (Å²) in [7, 11) is 0. The van der Waals surface area contributed by atoms with Crippen molar-refractivity contribution in [3.05, 3.63) is 23.9 Å². The van der Waals surface area contributed by atoms with Crippen LogP contribution in [0.4, 0.5) is 5.82 Å². The van der Waals surface area contributed by atoms with Crippen LogP contribution >= 0.6 is 0 Å². The summed E-state index contributed by atoms with van der Waals surface area (Å²) in [6.07, 6.45) is 4.71. The Hall–Kier alpha value is -1.58. The molecule has 0 saturated carbocycles. The van der Waals surface area contributed by atoms with Gasteiger partial charge in [-0.1, -0.05) is 19.9 Å². The molecule has 1 atom stereocenters. The zero-order valence-corrected chi connectivity index (χ0v) is 13.4. The second-order valence-corrected chi connectivity index (χ2v) is 6.23. The molecule has 4 heteroatoms. The number of likely N-dealkylation sites (tertiary alicyclic amines) is 1. The van der Waals surface area contributed by atoms with E-state index in [0.29, 0.717) is 24.8 Å². The Kier molecular flexibility index (Phi) is 5.59. The molecule has 116 valence electrons. The standard InChI is InChI=1S/C17H27N3O/c1-4-18-16-7-5-14(11-19-16)12-20-10-9-15(13(2)3)6-8-17(20)21/h5,7,11,13,15H,4,6,8-10,12H2,1-3H3,(H,18,19). The van der Waals surface area contributed by atoms with Crippen LogP contribution in [0.3, 0.4) is 0 Å². The van der Waals surface area contributed by atoms with Gasteiger partial charge in [-0.25, -0.2) is 4.98 Å². The fourth-order valence-electron chi connectivity index (χ4n) is 2.92. The maximum Gasteiger partial charge on any atom is 0.222 e. The molecule has 1 aliphatic heterocycles. The maximum atomic E-state index is 12.2. The highest BCUT2D eigenvalue weighted by molar-refractivity contribution is 5.76. The summed E-state index contributed by atoms with van der Waals surface area (Å²) >= 11 is 0. The van der Waals surface area contributed by atoms with Gasteiger partial charge in [-0.3, -0.25) is 4.79 Å². The van der Waals surface area contributed by atoms with Crippen LogP contribution in [-0.2, 0) is 11.3 Å². The van der Waals surface area contributed by atoms with Crippen molar-refractivity contribution in [1.82, 2.24) is 9.88 Å². The molecule has 2 rings (SSSR count). The van der Waals surface area contributed by atoms with Crippen molar-refractivity contribution >= 4 is 11.7 Å². The zero-order chi connectivity index (χ0) is 15.2. The zero-order valence-electron chi connectivity index (χ0n) is 13.4. The van der Waals surface area contributed by atoms with Crippen molar-refractivity contribution in [2.24, 2.45) is 11.8 Å². The van der Waals surface area contributed by atoms with E-state index in [9.17, 15) is 4.79 Å². The Balaban J connectivity index is 1.96. The number of amides is 1. The average Bonchev–Trinajstić information content (AvgIpc) is 2.64. The Morgan fingerprint density at radius 2 is 2.19 bits per heavy atom. The fourth-order valence-corrected chi connectivity index (χ4v) is 2.92. The number of aromatic nitrogens is 1. The van der Waals surface area contributed by atoms with Gasteiger partial charge < -0.3 is 10.2 Å². The van der Waals surface area contributed by atoms with Gasteiger partial charge in [0.25, 0.3) is 0 Å². The van der Waals surface area contributed by atoms with Crippen molar-refractivity contribution in [2.45, 2.75) is 46.6 Å². The van der Waals surface area contributed by atoms with Gasteiger partial charge in [-0.2, -0.15) is 0 Å². The molecule has 4 nitrogen and oxygen atoms in total. The third kappa shape index (κ3) is 4.45. The van der Waals surface area contributed by atoms with Gasteiger partial charge >= 0.3 is 0 Å². The van der Waals surface area contributed by atoms with Crippen LogP contribution < -0.4 is 5.32 Å². The minimum atomic E-state index is 0.286. The summed E-state index contributed by atoms with van der Waals surface area (Å²) in [4.78, 5) is 18.6. The third-order valence-electron chi connectivity index (χ3n) is 4.35. The first-order chi connectivity index (χ1) is 10.1. The van der Waals surface area contributed by atoms with Crippen LogP contribution in [0.1, 0.15) is 45.6 Å². The van der Waals surface area contributed by atoms with Crippen molar-refractivity contribution in [1.29, 1.82) is 0 Å². The summed E-state index contributed by atoms with van der Waals surface area (Å²) in [5, 5.41) is 3.18. The van der Waals surface area contributed by atoms with Crippen molar-refractivity contribution in [3.63, 3.8) is 0 Å². The van der Waals surface area contributed by atoms with E-state index in [4.69, 9.17) is 0 Å². The van der Waals surface area contributed by atoms with E-state index in [-0.39, 0.29) is 5.91 Å². The number of hydrogen-bond acceptors (Lipinski definition) is 3. The summed E-state index contributed by atoms with van der Waals surface area (Å²) in [5.41, 5.74) is 1.10. The molecule has 0 radical (unpaired) electrons. The van der Waals surface area contributed by atoms with Gasteiger partial charge in [0, 0.05) is 32.3 Å². The van der Waals surface area contributed by atoms with Crippen LogP contribution in [-0.4, -0.2) is 28.9 Å². The summed E-state index contributed by atoms with van der Waals surface area (Å²) in [6, 6.07) is 4.04. The molecule has 0 bridgehead atoms. The van der Waals surface area contributed by atoms with Crippen LogP contribution in [0, 0.1) is 11.8 Å². The van der Waals surface area contributed by atoms with E-state index in [1.54, 1.807) is 0 Å². The van der Waals surface area contributed by atoms with E-state index in [1.807, 2.05) is 17.2 Å². The highest BCUT2D eigenvalue weighted by Crippen LogP contribution is 2.25. The lowest BCUT2D eigenvalue weighted by Gasteiger charge is -2.21. The first-order valence-corrected chi connectivity index (χ1v) is 8.06. The number of rotatable bonds is 5. The van der Waals surface area contributed by atoms with Crippen molar-refractivity contribution in [2.75, 3.05) is 18.4 Å². The lowest BCUT2D eigenvalue weighted by atomic mass is 9.89. The Morgan fingerprint density at radius 3 is 2.81 bits per heavy atom. The van der Waals surface area contributed by atoms with Crippen molar-refractivity contribution < 1.29 is 4.79 Å². The molecule has 1 amide bonds. The number of carbonyl (C=O) groups excluding carboxylic acids is 1. The number of nitrogens with one attached hydrogen (secondary N) is 1. The lowest BCUT2D eigenvalue weighted by molar-refractivity contribution is -0.131. The monoisotopic (exact) mass is 289 g/mol. The molecular weight excluding hydrogens is 262 g/mol. The van der Waals surface area contributed by atoms with Crippen LogP contribution in [0.15, 0.2) is 18.3 Å². The first-order valence-electron chi connectivity index (χ1n) is 8.06. The second-order valence-electron chi connectivity index (χ2n) is 6.23. The Bertz CT molecular complexity index is 456. The highest BCUT2D eigenvalue weighted by atomic mass is 16.2. The summed E-state index contributed by atoms with van der Waals surface area (Å²) < 4.78 is 0. The molecule has 1 N–H and O–H groups in total. The lowest BCUT2D eigenvalue weighted by Crippen LogP contribution is -2.29. The SMILES string of the molecule is CCNc1ccc(CN2CCC(C(C)C)CCC2=O)cn1. The van der Waals surface area contributed by atoms with Crippen LogP contribution in [0.2, 0.25) is 0 Å². The summed E-state index contributed by atoms with van der Waals surface area (Å²) in [6.45, 7) is 8.99. The van der Waals surface area contributed by atoms with Crippen molar-refractivity contribution in [3.8, 4) is 0 Å². The van der Waals surface area contributed by atoms with E-state index in [0.717, 1.165) is 37.3 Å². The molecule has 1 saturated heterocycles. The first kappa shape index (κ1) is 15.8. The average molecular weight is 289 g/mol. The molecule has 1 unspecified atom stereocenters. The molecular formula is C17H27N3O. The number of hydrogen-bond donors (Lipinski definition) is 1. The number of pyridine rings is 1. The van der Waals surface area contributed by atoms with Gasteiger partial charge in [0.15, 0.2) is 0 Å². The van der Waals surface area contributed by atoms with Crippen LogP contribution in [0.5, 0.6) is 0 Å². The van der Waals surface area contributed by atoms with Gasteiger partial charge in [-0.05, 0) is 43.2 Å². The van der Waals surface area contributed by atoms with Gasteiger partial charge in [0.2, 0.25) is 5.91 Å². The minimum absolute atomic E-state index is 0.286. The molecule has 21 heavy (non-hydrogen) atoms. The van der Waals surface area contributed by atoms with Crippen LogP contribution in [0.25, 0.3) is 0 Å². The minimum Gasteiger partial charge on any atom is -0.370 e. The quantitative estimate of drug-likeness (QED) is 0.904.